The van der Waals surface area contributed by atoms with E-state index in [-0.39, 0.29) is 12.3 Å². The zero-order valence-electron chi connectivity index (χ0n) is 6.65. The van der Waals surface area contributed by atoms with Crippen molar-refractivity contribution in [1.29, 1.82) is 0 Å². The van der Waals surface area contributed by atoms with Gasteiger partial charge in [0.2, 0.25) is 0 Å². The van der Waals surface area contributed by atoms with E-state index in [2.05, 4.69) is 0 Å². The number of nitro groups is 1. The Labute approximate surface area is 69.6 Å². The van der Waals surface area contributed by atoms with Gasteiger partial charge in [-0.05, 0) is 24.6 Å². The van der Waals surface area contributed by atoms with E-state index in [0.29, 0.717) is 11.1 Å². The van der Waals surface area contributed by atoms with E-state index in [0.717, 1.165) is 0 Å². The zero-order chi connectivity index (χ0) is 9.14. The van der Waals surface area contributed by atoms with Crippen LogP contribution in [0, 0.1) is 17.0 Å². The Bertz CT molecular complexity index is 309. The molecule has 0 aromatic heterocycles. The second kappa shape index (κ2) is 3.32. The van der Waals surface area contributed by atoms with Crippen LogP contribution in [0.4, 0.5) is 5.69 Å². The summed E-state index contributed by atoms with van der Waals surface area (Å²) in [6.07, 6.45) is 0. The number of aliphatic hydroxyl groups excluding tert-OH is 1. The van der Waals surface area contributed by atoms with Crippen molar-refractivity contribution in [2.24, 2.45) is 0 Å². The summed E-state index contributed by atoms with van der Waals surface area (Å²) < 4.78 is 0. The van der Waals surface area contributed by atoms with Crippen LogP contribution in [0.2, 0.25) is 0 Å². The van der Waals surface area contributed by atoms with Crippen LogP contribution in [-0.4, -0.2) is 10.0 Å². The molecular weight excluding hydrogens is 158 g/mol. The van der Waals surface area contributed by atoms with Crippen LogP contribution in [0.5, 0.6) is 0 Å². The van der Waals surface area contributed by atoms with Crippen LogP contribution < -0.4 is 0 Å². The fourth-order valence-electron chi connectivity index (χ4n) is 1.02. The van der Waals surface area contributed by atoms with E-state index >= 15 is 0 Å². The Morgan fingerprint density at radius 1 is 1.58 bits per heavy atom. The van der Waals surface area contributed by atoms with Crippen molar-refractivity contribution in [3.8, 4) is 0 Å². The lowest BCUT2D eigenvalue weighted by Crippen LogP contribution is -1.93. The van der Waals surface area contributed by atoms with Gasteiger partial charge in [-0.15, -0.1) is 0 Å². The molecule has 4 nitrogen and oxygen atoms in total. The van der Waals surface area contributed by atoms with Crippen LogP contribution in [-0.2, 0) is 6.61 Å². The maximum Gasteiger partial charge on any atom is 0.272 e. The zero-order valence-corrected chi connectivity index (χ0v) is 6.65. The first kappa shape index (κ1) is 8.67. The summed E-state index contributed by atoms with van der Waals surface area (Å²) >= 11 is 0. The molecule has 12 heavy (non-hydrogen) atoms. The standard InChI is InChI=1S/C8H9NO3/c1-6-4-7(5-10)2-3-8(6)9(11)12/h2-4,10H,5H2,1H3. The molecular formula is C8H9NO3. The summed E-state index contributed by atoms with van der Waals surface area (Å²) in [4.78, 5) is 9.93. The van der Waals surface area contributed by atoms with Gasteiger partial charge >= 0.3 is 0 Å². The number of nitro benzene ring substituents is 1. The van der Waals surface area contributed by atoms with Crippen molar-refractivity contribution < 1.29 is 10.0 Å². The van der Waals surface area contributed by atoms with Crippen molar-refractivity contribution >= 4 is 5.69 Å². The van der Waals surface area contributed by atoms with Crippen molar-refractivity contribution in [3.05, 3.63) is 39.4 Å². The molecule has 0 aliphatic rings. The average molecular weight is 167 g/mol. The third kappa shape index (κ3) is 1.60. The van der Waals surface area contributed by atoms with E-state index in [1.54, 1.807) is 19.1 Å². The fraction of sp³-hybridized carbons (Fsp3) is 0.250. The first-order chi connectivity index (χ1) is 5.65. The highest BCUT2D eigenvalue weighted by Gasteiger charge is 2.08. The van der Waals surface area contributed by atoms with Gasteiger partial charge in [0.1, 0.15) is 0 Å². The second-order valence-corrected chi connectivity index (χ2v) is 2.54. The molecule has 0 atom stereocenters. The van der Waals surface area contributed by atoms with Crippen molar-refractivity contribution in [2.75, 3.05) is 0 Å². The van der Waals surface area contributed by atoms with Gasteiger partial charge in [0.15, 0.2) is 0 Å². The van der Waals surface area contributed by atoms with Gasteiger partial charge in [-0.3, -0.25) is 10.1 Å². The summed E-state index contributed by atoms with van der Waals surface area (Å²) in [5, 5.41) is 19.1. The summed E-state index contributed by atoms with van der Waals surface area (Å²) in [6, 6.07) is 4.56. The normalized spacial score (nSPS) is 9.83. The molecule has 0 unspecified atom stereocenters. The molecule has 1 N–H and O–H groups in total. The summed E-state index contributed by atoms with van der Waals surface area (Å²) in [7, 11) is 0. The molecule has 64 valence electrons. The Balaban J connectivity index is 3.12. The Kier molecular flexibility index (Phi) is 2.40. The largest absolute Gasteiger partial charge is 0.392 e. The van der Waals surface area contributed by atoms with Gasteiger partial charge in [-0.2, -0.15) is 0 Å². The molecule has 0 bridgehead atoms. The molecule has 0 saturated heterocycles. The Hall–Kier alpha value is -1.42. The minimum Gasteiger partial charge on any atom is -0.392 e. The fourth-order valence-corrected chi connectivity index (χ4v) is 1.02. The average Bonchev–Trinajstić information content (AvgIpc) is 2.03. The molecule has 1 aromatic rings. The van der Waals surface area contributed by atoms with Gasteiger partial charge in [-0.1, -0.05) is 0 Å². The molecule has 0 radical (unpaired) electrons. The molecule has 0 amide bonds. The van der Waals surface area contributed by atoms with Crippen LogP contribution in [0.25, 0.3) is 0 Å². The third-order valence-corrected chi connectivity index (χ3v) is 1.64. The smallest absolute Gasteiger partial charge is 0.272 e. The molecule has 0 heterocycles. The van der Waals surface area contributed by atoms with Gasteiger partial charge in [0.25, 0.3) is 5.69 Å². The minimum absolute atomic E-state index is 0.0845. The number of hydrogen-bond acceptors (Lipinski definition) is 3. The van der Waals surface area contributed by atoms with Gasteiger partial charge in [-0.25, -0.2) is 0 Å². The van der Waals surface area contributed by atoms with Crippen molar-refractivity contribution in [2.45, 2.75) is 13.5 Å². The third-order valence-electron chi connectivity index (χ3n) is 1.64. The first-order valence-corrected chi connectivity index (χ1v) is 3.50. The second-order valence-electron chi connectivity index (χ2n) is 2.54. The SMILES string of the molecule is Cc1cc(CO)ccc1[N+](=O)[O-]. The van der Waals surface area contributed by atoms with E-state index in [4.69, 9.17) is 5.11 Å². The van der Waals surface area contributed by atoms with E-state index in [9.17, 15) is 10.1 Å². The van der Waals surface area contributed by atoms with Gasteiger partial charge in [0.05, 0.1) is 11.5 Å². The molecule has 0 fully saturated rings. The Morgan fingerprint density at radius 3 is 2.67 bits per heavy atom. The monoisotopic (exact) mass is 167 g/mol. The van der Waals surface area contributed by atoms with Crippen LogP contribution in [0.1, 0.15) is 11.1 Å². The van der Waals surface area contributed by atoms with E-state index in [1.165, 1.54) is 6.07 Å². The quantitative estimate of drug-likeness (QED) is 0.534. The lowest BCUT2D eigenvalue weighted by molar-refractivity contribution is -0.385. The first-order valence-electron chi connectivity index (χ1n) is 3.50. The van der Waals surface area contributed by atoms with Crippen molar-refractivity contribution in [1.82, 2.24) is 0 Å². The summed E-state index contributed by atoms with van der Waals surface area (Å²) in [6.45, 7) is 1.57. The predicted octanol–water partition coefficient (Wildman–Crippen LogP) is 1.40. The highest BCUT2D eigenvalue weighted by Crippen LogP contribution is 2.18. The van der Waals surface area contributed by atoms with Crippen LogP contribution in [0.3, 0.4) is 0 Å². The number of aliphatic hydroxyl groups is 1. The maximum atomic E-state index is 10.4. The van der Waals surface area contributed by atoms with Crippen molar-refractivity contribution in [3.63, 3.8) is 0 Å². The Morgan fingerprint density at radius 2 is 2.25 bits per heavy atom. The van der Waals surface area contributed by atoms with E-state index in [1.807, 2.05) is 0 Å². The molecule has 4 heteroatoms. The molecule has 1 rings (SSSR count). The highest BCUT2D eigenvalue weighted by atomic mass is 16.6. The number of nitrogens with zero attached hydrogens (tertiary/aromatic N) is 1. The van der Waals surface area contributed by atoms with Gasteiger partial charge in [0, 0.05) is 11.6 Å². The lowest BCUT2D eigenvalue weighted by atomic mass is 10.1. The van der Waals surface area contributed by atoms with E-state index < -0.39 is 4.92 Å². The van der Waals surface area contributed by atoms with Gasteiger partial charge < -0.3 is 5.11 Å². The molecule has 0 aliphatic carbocycles. The molecule has 1 aromatic carbocycles. The number of benzene rings is 1. The lowest BCUT2D eigenvalue weighted by Gasteiger charge is -1.98. The molecule has 0 aliphatic heterocycles. The van der Waals surface area contributed by atoms with Crippen LogP contribution >= 0.6 is 0 Å². The minimum atomic E-state index is -0.434. The van der Waals surface area contributed by atoms with Crippen LogP contribution in [0.15, 0.2) is 18.2 Å². The maximum absolute atomic E-state index is 10.4. The number of aryl methyl sites for hydroxylation is 1. The number of hydrogen-bond donors (Lipinski definition) is 1. The summed E-state index contributed by atoms with van der Waals surface area (Å²) in [5.41, 5.74) is 1.36. The number of rotatable bonds is 2. The topological polar surface area (TPSA) is 63.4 Å². The summed E-state index contributed by atoms with van der Waals surface area (Å²) in [5.74, 6) is 0. The molecule has 0 spiro atoms. The predicted molar refractivity (Wildman–Crippen MR) is 43.8 cm³/mol. The molecule has 0 saturated carbocycles. The highest BCUT2D eigenvalue weighted by molar-refractivity contribution is 5.41.